The van der Waals surface area contributed by atoms with E-state index in [1.165, 1.54) is 0 Å². The summed E-state index contributed by atoms with van der Waals surface area (Å²) in [4.78, 5) is 11.5. The fourth-order valence-electron chi connectivity index (χ4n) is 1.38. The summed E-state index contributed by atoms with van der Waals surface area (Å²) < 4.78 is 10.7. The summed E-state index contributed by atoms with van der Waals surface area (Å²) in [5.74, 6) is 0.745. The molecule has 4 heteroatoms. The number of hydrogen-bond donors (Lipinski definition) is 1. The molecule has 0 heterocycles. The highest BCUT2D eigenvalue weighted by molar-refractivity contribution is 5.75. The van der Waals surface area contributed by atoms with Crippen molar-refractivity contribution in [2.45, 2.75) is 13.3 Å². The van der Waals surface area contributed by atoms with Crippen molar-refractivity contribution in [1.29, 1.82) is 0 Å². The van der Waals surface area contributed by atoms with Gasteiger partial charge in [0.15, 0.2) is 0 Å². The van der Waals surface area contributed by atoms with Crippen molar-refractivity contribution in [3.05, 3.63) is 42.5 Å². The monoisotopic (exact) mass is 263 g/mol. The molecule has 0 unspecified atom stereocenters. The summed E-state index contributed by atoms with van der Waals surface area (Å²) in [6, 6.07) is 9.44. The van der Waals surface area contributed by atoms with Crippen LogP contribution in [0.5, 0.6) is 5.75 Å². The van der Waals surface area contributed by atoms with Crippen LogP contribution in [-0.2, 0) is 9.53 Å². The van der Waals surface area contributed by atoms with Crippen molar-refractivity contribution in [3.8, 4) is 5.75 Å². The van der Waals surface area contributed by atoms with Gasteiger partial charge in [0.2, 0.25) is 5.91 Å². The molecule has 1 aromatic rings. The Morgan fingerprint density at radius 3 is 2.68 bits per heavy atom. The van der Waals surface area contributed by atoms with Crippen LogP contribution in [0.4, 0.5) is 0 Å². The number of rotatable bonds is 9. The Labute approximate surface area is 114 Å². The van der Waals surface area contributed by atoms with Crippen molar-refractivity contribution in [3.63, 3.8) is 0 Å². The first-order valence-electron chi connectivity index (χ1n) is 6.35. The van der Waals surface area contributed by atoms with Gasteiger partial charge >= 0.3 is 0 Å². The van der Waals surface area contributed by atoms with Gasteiger partial charge in [0.1, 0.15) is 5.75 Å². The lowest BCUT2D eigenvalue weighted by Crippen LogP contribution is -2.28. The Kier molecular flexibility index (Phi) is 7.35. The highest BCUT2D eigenvalue weighted by atomic mass is 16.5. The van der Waals surface area contributed by atoms with Crippen LogP contribution in [0, 0.1) is 0 Å². The lowest BCUT2D eigenvalue weighted by Gasteiger charge is -2.07. The molecule has 1 amide bonds. The first kappa shape index (κ1) is 15.2. The third kappa shape index (κ3) is 8.00. The molecule has 0 aliphatic rings. The molecule has 0 saturated carbocycles. The predicted molar refractivity (Wildman–Crippen MR) is 75.2 cm³/mol. The van der Waals surface area contributed by atoms with Gasteiger partial charge in [-0.25, -0.2) is 0 Å². The summed E-state index contributed by atoms with van der Waals surface area (Å²) in [6.45, 7) is 7.55. The van der Waals surface area contributed by atoms with Crippen LogP contribution in [0.1, 0.15) is 13.3 Å². The van der Waals surface area contributed by atoms with E-state index in [4.69, 9.17) is 9.47 Å². The zero-order valence-corrected chi connectivity index (χ0v) is 11.4. The number of carbonyl (C=O) groups is 1. The van der Waals surface area contributed by atoms with Gasteiger partial charge in [-0.3, -0.25) is 4.79 Å². The predicted octanol–water partition coefficient (Wildman–Crippen LogP) is 2.16. The summed E-state index contributed by atoms with van der Waals surface area (Å²) in [5.41, 5.74) is 0.975. The Morgan fingerprint density at radius 2 is 2.00 bits per heavy atom. The van der Waals surface area contributed by atoms with E-state index in [1.54, 1.807) is 0 Å². The molecule has 0 bridgehead atoms. The Balaban J connectivity index is 2.01. The Morgan fingerprint density at radius 1 is 1.26 bits per heavy atom. The second-order valence-electron chi connectivity index (χ2n) is 4.27. The fourth-order valence-corrected chi connectivity index (χ4v) is 1.38. The number of hydrogen-bond acceptors (Lipinski definition) is 3. The summed E-state index contributed by atoms with van der Waals surface area (Å²) in [5, 5.41) is 2.77. The lowest BCUT2D eigenvalue weighted by atomic mass is 10.3. The molecule has 0 radical (unpaired) electrons. The number of nitrogens with one attached hydrogen (secondary N) is 1. The van der Waals surface area contributed by atoms with E-state index in [0.29, 0.717) is 32.8 Å². The SMILES string of the molecule is C=C(C)COCCNC(=O)CCOc1ccccc1. The van der Waals surface area contributed by atoms with Crippen LogP contribution >= 0.6 is 0 Å². The molecule has 1 N–H and O–H groups in total. The molecule has 4 nitrogen and oxygen atoms in total. The maximum Gasteiger partial charge on any atom is 0.223 e. The van der Waals surface area contributed by atoms with Gasteiger partial charge in [-0.2, -0.15) is 0 Å². The molecule has 0 aromatic heterocycles. The molecule has 0 spiro atoms. The molecule has 0 saturated heterocycles. The molecule has 1 aromatic carbocycles. The molecule has 0 atom stereocenters. The minimum atomic E-state index is -0.0325. The van der Waals surface area contributed by atoms with E-state index in [1.807, 2.05) is 37.3 Å². The van der Waals surface area contributed by atoms with Gasteiger partial charge in [-0.1, -0.05) is 30.4 Å². The smallest absolute Gasteiger partial charge is 0.223 e. The summed E-state index contributed by atoms with van der Waals surface area (Å²) in [6.07, 6.45) is 0.343. The number of amides is 1. The molecule has 0 aliphatic heterocycles. The van der Waals surface area contributed by atoms with E-state index in [9.17, 15) is 4.79 Å². The Bertz CT molecular complexity index is 390. The summed E-state index contributed by atoms with van der Waals surface area (Å²) in [7, 11) is 0. The first-order chi connectivity index (χ1) is 9.18. The minimum Gasteiger partial charge on any atom is -0.493 e. The standard InChI is InChI=1S/C15H21NO3/c1-13(2)12-18-11-9-16-15(17)8-10-19-14-6-4-3-5-7-14/h3-7H,1,8-12H2,2H3,(H,16,17). The maximum absolute atomic E-state index is 11.5. The fraction of sp³-hybridized carbons (Fsp3) is 0.400. The van der Waals surface area contributed by atoms with Gasteiger partial charge in [-0.05, 0) is 19.1 Å². The second-order valence-corrected chi connectivity index (χ2v) is 4.27. The van der Waals surface area contributed by atoms with Gasteiger partial charge in [0.25, 0.3) is 0 Å². The van der Waals surface area contributed by atoms with Crippen molar-refractivity contribution in [2.75, 3.05) is 26.4 Å². The summed E-state index contributed by atoms with van der Waals surface area (Å²) >= 11 is 0. The highest BCUT2D eigenvalue weighted by Crippen LogP contribution is 2.08. The van der Waals surface area contributed by atoms with E-state index in [-0.39, 0.29) is 5.91 Å². The van der Waals surface area contributed by atoms with Gasteiger partial charge in [-0.15, -0.1) is 0 Å². The van der Waals surface area contributed by atoms with Crippen molar-refractivity contribution in [2.24, 2.45) is 0 Å². The normalized spacial score (nSPS) is 9.95. The van der Waals surface area contributed by atoms with Gasteiger partial charge in [0, 0.05) is 6.54 Å². The number of benzene rings is 1. The van der Waals surface area contributed by atoms with Crippen molar-refractivity contribution < 1.29 is 14.3 Å². The second kappa shape index (κ2) is 9.16. The average Bonchev–Trinajstić information content (AvgIpc) is 2.39. The lowest BCUT2D eigenvalue weighted by molar-refractivity contribution is -0.121. The molecular formula is C15H21NO3. The van der Waals surface area contributed by atoms with Crippen LogP contribution in [0.15, 0.2) is 42.5 Å². The van der Waals surface area contributed by atoms with Crippen molar-refractivity contribution >= 4 is 5.91 Å². The topological polar surface area (TPSA) is 47.6 Å². The van der Waals surface area contributed by atoms with Gasteiger partial charge in [0.05, 0.1) is 26.2 Å². The third-order valence-electron chi connectivity index (χ3n) is 2.26. The van der Waals surface area contributed by atoms with Gasteiger partial charge < -0.3 is 14.8 Å². The quantitative estimate of drug-likeness (QED) is 0.548. The molecule has 0 aliphatic carbocycles. The highest BCUT2D eigenvalue weighted by Gasteiger charge is 2.01. The number of ether oxygens (including phenoxy) is 2. The molecule has 19 heavy (non-hydrogen) atoms. The van der Waals surface area contributed by atoms with Crippen LogP contribution in [0.3, 0.4) is 0 Å². The minimum absolute atomic E-state index is 0.0325. The maximum atomic E-state index is 11.5. The largest absolute Gasteiger partial charge is 0.493 e. The number of para-hydroxylation sites is 1. The first-order valence-corrected chi connectivity index (χ1v) is 6.35. The van der Waals surface area contributed by atoms with Crippen LogP contribution < -0.4 is 10.1 Å². The average molecular weight is 263 g/mol. The van der Waals surface area contributed by atoms with Crippen LogP contribution in [0.25, 0.3) is 0 Å². The molecule has 104 valence electrons. The number of carbonyl (C=O) groups excluding carboxylic acids is 1. The third-order valence-corrected chi connectivity index (χ3v) is 2.26. The van der Waals surface area contributed by atoms with Crippen LogP contribution in [-0.4, -0.2) is 32.3 Å². The molecule has 0 fully saturated rings. The zero-order chi connectivity index (χ0) is 13.9. The van der Waals surface area contributed by atoms with E-state index in [0.717, 1.165) is 11.3 Å². The molecular weight excluding hydrogens is 242 g/mol. The van der Waals surface area contributed by atoms with E-state index >= 15 is 0 Å². The zero-order valence-electron chi connectivity index (χ0n) is 11.4. The Hall–Kier alpha value is -1.81. The van der Waals surface area contributed by atoms with E-state index < -0.39 is 0 Å². The van der Waals surface area contributed by atoms with E-state index in [2.05, 4.69) is 11.9 Å². The molecule has 1 rings (SSSR count). The van der Waals surface area contributed by atoms with Crippen LogP contribution in [0.2, 0.25) is 0 Å². The van der Waals surface area contributed by atoms with Crippen molar-refractivity contribution in [1.82, 2.24) is 5.32 Å².